The van der Waals surface area contributed by atoms with Crippen molar-refractivity contribution in [2.24, 2.45) is 5.73 Å². The van der Waals surface area contributed by atoms with Crippen LogP contribution in [-0.2, 0) is 43.3 Å². The van der Waals surface area contributed by atoms with Gasteiger partial charge >= 0.3 is 11.9 Å². The van der Waals surface area contributed by atoms with Crippen molar-refractivity contribution < 1.29 is 41.9 Å². The number of esters is 2. The Balaban J connectivity index is 0.00000387. The molecule has 1 aromatic rings. The van der Waals surface area contributed by atoms with E-state index >= 15 is 0 Å². The minimum absolute atomic E-state index is 0. The van der Waals surface area contributed by atoms with Crippen LogP contribution in [0.4, 0.5) is 0 Å². The van der Waals surface area contributed by atoms with Gasteiger partial charge in [-0.3, -0.25) is 14.4 Å². The molecule has 1 aromatic carbocycles. The number of carbonyl (C=O) groups excluding carboxylic acids is 5. The van der Waals surface area contributed by atoms with Crippen molar-refractivity contribution in [3.8, 4) is 0 Å². The lowest BCUT2D eigenvalue weighted by Crippen LogP contribution is -2.71. The standard InChI is InChI=1S/C25H30N4O9S2.BrH/c1-24(2)17(29-20(32)16(21(29)39-24)27-19(31)15(26)12-8-6-5-7-9-12)22(33)37-11-38-23(34)18-25(3,4)40(35,36)14-10-13(30)28(14)18;/h5-9,14-18,21H,10-11,26H2,1-4H3,(H,27,31);1H/t14-,15?,16-,17+,18+,21-;/m1./s1. The third-order valence-corrected chi connectivity index (χ3v) is 12.4. The first kappa shape index (κ1) is 31.3. The van der Waals surface area contributed by atoms with Gasteiger partial charge in [-0.15, -0.1) is 28.7 Å². The smallest absolute Gasteiger partial charge is 0.333 e. The number of carbonyl (C=O) groups is 5. The number of ether oxygens (including phenoxy) is 2. The average Bonchev–Trinajstić information content (AvgIpc) is 3.22. The first-order valence-electron chi connectivity index (χ1n) is 12.6. The summed E-state index contributed by atoms with van der Waals surface area (Å²) in [5.74, 6) is -3.32. The number of fused-ring (bicyclic) bond motifs is 2. The number of halogens is 1. The van der Waals surface area contributed by atoms with Gasteiger partial charge in [0.1, 0.15) is 34.9 Å². The Morgan fingerprint density at radius 2 is 1.63 bits per heavy atom. The number of hydrogen-bond acceptors (Lipinski definition) is 11. The van der Waals surface area contributed by atoms with Crippen LogP contribution in [0.2, 0.25) is 0 Å². The lowest BCUT2D eigenvalue weighted by Gasteiger charge is -2.44. The van der Waals surface area contributed by atoms with Crippen LogP contribution < -0.4 is 11.1 Å². The second kappa shape index (κ2) is 10.5. The first-order valence-corrected chi connectivity index (χ1v) is 15.0. The molecule has 0 aromatic heterocycles. The number of nitrogens with two attached hydrogens (primary N) is 1. The van der Waals surface area contributed by atoms with Gasteiger partial charge in [-0.1, -0.05) is 30.3 Å². The number of rotatable bonds is 7. The van der Waals surface area contributed by atoms with Gasteiger partial charge in [0.15, 0.2) is 9.84 Å². The van der Waals surface area contributed by atoms with Crippen LogP contribution in [0.3, 0.4) is 0 Å². The number of amides is 3. The van der Waals surface area contributed by atoms with E-state index in [9.17, 15) is 32.4 Å². The Kier molecular flexibility index (Phi) is 8.03. The van der Waals surface area contributed by atoms with Crippen molar-refractivity contribution in [1.29, 1.82) is 0 Å². The van der Waals surface area contributed by atoms with Gasteiger partial charge in [-0.05, 0) is 33.3 Å². The molecule has 4 saturated heterocycles. The number of thioether (sulfide) groups is 1. The predicted molar refractivity (Wildman–Crippen MR) is 151 cm³/mol. The molecule has 5 rings (SSSR count). The van der Waals surface area contributed by atoms with E-state index in [1.807, 2.05) is 0 Å². The van der Waals surface area contributed by atoms with Crippen molar-refractivity contribution in [1.82, 2.24) is 15.1 Å². The van der Waals surface area contributed by atoms with E-state index in [1.54, 1.807) is 44.2 Å². The molecule has 224 valence electrons. The summed E-state index contributed by atoms with van der Waals surface area (Å²) in [7, 11) is -3.80. The van der Waals surface area contributed by atoms with Crippen LogP contribution in [-0.4, -0.2) is 93.0 Å². The maximum atomic E-state index is 13.0. The van der Waals surface area contributed by atoms with Crippen molar-refractivity contribution in [2.75, 3.05) is 6.79 Å². The third kappa shape index (κ3) is 4.72. The number of β-lactam (4-membered cyclic amide) rings is 2. The highest BCUT2D eigenvalue weighted by Crippen LogP contribution is 2.51. The molecular weight excluding hydrogens is 644 g/mol. The summed E-state index contributed by atoms with van der Waals surface area (Å²) in [5, 5.41) is 1.07. The largest absolute Gasteiger partial charge is 0.426 e. The predicted octanol–water partition coefficient (Wildman–Crippen LogP) is -0.0107. The zero-order valence-corrected chi connectivity index (χ0v) is 26.0. The summed E-state index contributed by atoms with van der Waals surface area (Å²) >= 11 is 1.31. The number of hydrogen-bond donors (Lipinski definition) is 2. The Labute approximate surface area is 251 Å². The van der Waals surface area contributed by atoms with Gasteiger partial charge in [-0.25, -0.2) is 18.0 Å². The second-order valence-corrected chi connectivity index (χ2v) is 15.6. The van der Waals surface area contributed by atoms with E-state index in [0.29, 0.717) is 5.56 Å². The molecule has 4 fully saturated rings. The number of nitrogens with zero attached hydrogens (tertiary/aromatic N) is 2. The van der Waals surface area contributed by atoms with Crippen molar-refractivity contribution in [3.05, 3.63) is 35.9 Å². The molecule has 0 aliphatic carbocycles. The fourth-order valence-electron chi connectivity index (χ4n) is 5.69. The normalized spacial score (nSPS) is 30.5. The maximum absolute atomic E-state index is 13.0. The Hall–Kier alpha value is -2.69. The minimum Gasteiger partial charge on any atom is -0.426 e. The highest BCUT2D eigenvalue weighted by atomic mass is 79.9. The zero-order valence-electron chi connectivity index (χ0n) is 22.6. The van der Waals surface area contributed by atoms with Gasteiger partial charge in [0.25, 0.3) is 0 Å². The maximum Gasteiger partial charge on any atom is 0.333 e. The van der Waals surface area contributed by atoms with E-state index in [-0.39, 0.29) is 23.4 Å². The Morgan fingerprint density at radius 3 is 2.22 bits per heavy atom. The molecule has 16 heteroatoms. The summed E-state index contributed by atoms with van der Waals surface area (Å²) < 4.78 is 33.3. The van der Waals surface area contributed by atoms with Crippen LogP contribution >= 0.6 is 28.7 Å². The fourth-order valence-corrected chi connectivity index (χ4v) is 9.44. The minimum atomic E-state index is -3.80. The SMILES string of the molecule is Br.CC1(C)S[C@@H]2[C@H](NC(=O)C(N)c3ccccc3)C(=O)N2[C@H]1C(=O)OCOC(=O)[C@@H]1N2C(=O)C[C@H]2S(=O)(=O)C1(C)C. The lowest BCUT2D eigenvalue weighted by atomic mass is 9.95. The highest BCUT2D eigenvalue weighted by molar-refractivity contribution is 8.93. The zero-order chi connectivity index (χ0) is 29.4. The average molecular weight is 676 g/mol. The molecule has 1 unspecified atom stereocenters. The molecule has 6 atom stereocenters. The van der Waals surface area contributed by atoms with Crippen LogP contribution in [0, 0.1) is 0 Å². The number of nitrogens with one attached hydrogen (secondary N) is 1. The molecule has 0 radical (unpaired) electrons. The van der Waals surface area contributed by atoms with Crippen LogP contribution in [0.15, 0.2) is 30.3 Å². The van der Waals surface area contributed by atoms with Crippen molar-refractivity contribution >= 4 is 68.2 Å². The summed E-state index contributed by atoms with van der Waals surface area (Å²) in [6, 6.07) is 4.45. The highest BCUT2D eigenvalue weighted by Gasteiger charge is 2.68. The topological polar surface area (TPSA) is 182 Å². The van der Waals surface area contributed by atoms with E-state index in [1.165, 1.54) is 30.5 Å². The molecule has 4 aliphatic heterocycles. The van der Waals surface area contributed by atoms with E-state index < -0.39 is 90.7 Å². The number of benzene rings is 1. The molecule has 41 heavy (non-hydrogen) atoms. The second-order valence-electron chi connectivity index (χ2n) is 11.2. The summed E-state index contributed by atoms with van der Waals surface area (Å²) in [6.07, 6.45) is -0.191. The summed E-state index contributed by atoms with van der Waals surface area (Å²) in [6.45, 7) is 5.37. The molecule has 13 nitrogen and oxygen atoms in total. The van der Waals surface area contributed by atoms with Gasteiger partial charge in [0, 0.05) is 4.75 Å². The molecule has 4 aliphatic rings. The van der Waals surface area contributed by atoms with Crippen LogP contribution in [0.25, 0.3) is 0 Å². The third-order valence-electron chi connectivity index (χ3n) is 8.00. The van der Waals surface area contributed by atoms with E-state index in [2.05, 4.69) is 5.32 Å². The monoisotopic (exact) mass is 674 g/mol. The Morgan fingerprint density at radius 1 is 1.05 bits per heavy atom. The van der Waals surface area contributed by atoms with Crippen molar-refractivity contribution in [2.45, 2.75) is 78.5 Å². The molecule has 3 amide bonds. The Bertz CT molecular complexity index is 1400. The molecular formula is C25H31BrN4O9S2. The molecule has 0 saturated carbocycles. The molecule has 0 spiro atoms. The molecule has 3 N–H and O–H groups in total. The molecule has 4 heterocycles. The summed E-state index contributed by atoms with van der Waals surface area (Å²) in [4.78, 5) is 65.9. The summed E-state index contributed by atoms with van der Waals surface area (Å²) in [5.41, 5.74) is 6.64. The van der Waals surface area contributed by atoms with Crippen LogP contribution in [0.1, 0.15) is 45.7 Å². The fraction of sp³-hybridized carbons (Fsp3) is 0.560. The van der Waals surface area contributed by atoms with Crippen molar-refractivity contribution in [3.63, 3.8) is 0 Å². The van der Waals surface area contributed by atoms with E-state index in [4.69, 9.17) is 15.2 Å². The number of sulfone groups is 1. The quantitative estimate of drug-likeness (QED) is 0.225. The van der Waals surface area contributed by atoms with E-state index in [0.717, 1.165) is 4.90 Å². The first-order chi connectivity index (χ1) is 18.6. The lowest BCUT2D eigenvalue weighted by molar-refractivity contribution is -0.181. The van der Waals surface area contributed by atoms with Gasteiger partial charge < -0.3 is 30.3 Å². The van der Waals surface area contributed by atoms with Crippen LogP contribution in [0.5, 0.6) is 0 Å². The van der Waals surface area contributed by atoms with Gasteiger partial charge in [0.2, 0.25) is 24.5 Å². The van der Waals surface area contributed by atoms with Gasteiger partial charge in [0.05, 0.1) is 11.2 Å². The van der Waals surface area contributed by atoms with Gasteiger partial charge in [-0.2, -0.15) is 0 Å². The molecule has 0 bridgehead atoms.